The SMILES string of the molecule is O=C(Nc1ccc2[nH]c(=O)n(C3CC3)c2c1)C1(c2ccc(O)cc2)CC1. The number of nitrogens with one attached hydrogen (secondary N) is 2. The molecule has 1 heterocycles. The fraction of sp³-hybridized carbons (Fsp3) is 0.300. The lowest BCUT2D eigenvalue weighted by Gasteiger charge is -2.16. The lowest BCUT2D eigenvalue weighted by Crippen LogP contribution is -2.27. The van der Waals surface area contributed by atoms with Crippen LogP contribution in [0.2, 0.25) is 0 Å². The van der Waals surface area contributed by atoms with Crippen LogP contribution >= 0.6 is 0 Å². The number of phenolic OH excluding ortho intramolecular Hbond substituents is 1. The molecule has 2 aliphatic rings. The zero-order valence-corrected chi connectivity index (χ0v) is 14.2. The summed E-state index contributed by atoms with van der Waals surface area (Å²) < 4.78 is 1.79. The first kappa shape index (κ1) is 15.3. The second kappa shape index (κ2) is 5.24. The Morgan fingerprint density at radius 3 is 2.54 bits per heavy atom. The van der Waals surface area contributed by atoms with Crippen LogP contribution in [-0.4, -0.2) is 20.6 Å². The van der Waals surface area contributed by atoms with E-state index < -0.39 is 5.41 Å². The summed E-state index contributed by atoms with van der Waals surface area (Å²) in [4.78, 5) is 27.9. The molecular weight excluding hydrogens is 330 g/mol. The zero-order chi connectivity index (χ0) is 17.9. The number of phenols is 1. The maximum Gasteiger partial charge on any atom is 0.326 e. The van der Waals surface area contributed by atoms with E-state index in [9.17, 15) is 14.7 Å². The number of amides is 1. The summed E-state index contributed by atoms with van der Waals surface area (Å²) in [6.07, 6.45) is 3.63. The highest BCUT2D eigenvalue weighted by molar-refractivity contribution is 6.02. The number of imidazole rings is 1. The molecule has 0 radical (unpaired) electrons. The van der Waals surface area contributed by atoms with Gasteiger partial charge < -0.3 is 15.4 Å². The van der Waals surface area contributed by atoms with E-state index in [2.05, 4.69) is 10.3 Å². The molecule has 0 spiro atoms. The standard InChI is InChI=1S/C20H19N3O3/c24-15-6-1-12(2-7-15)20(9-10-20)18(25)21-13-3-8-16-17(11-13)23(14-4-5-14)19(26)22-16/h1-3,6-8,11,14,24H,4-5,9-10H2,(H,21,25)(H,22,26). The van der Waals surface area contributed by atoms with Gasteiger partial charge in [0, 0.05) is 11.7 Å². The van der Waals surface area contributed by atoms with Gasteiger partial charge in [-0.3, -0.25) is 9.36 Å². The van der Waals surface area contributed by atoms with Gasteiger partial charge in [0.1, 0.15) is 5.75 Å². The maximum atomic E-state index is 12.9. The molecule has 26 heavy (non-hydrogen) atoms. The first-order valence-electron chi connectivity index (χ1n) is 8.92. The highest BCUT2D eigenvalue weighted by Gasteiger charge is 2.51. The van der Waals surface area contributed by atoms with Crippen molar-refractivity contribution in [1.29, 1.82) is 0 Å². The van der Waals surface area contributed by atoms with E-state index in [1.807, 2.05) is 30.3 Å². The van der Waals surface area contributed by atoms with Gasteiger partial charge in [-0.05, 0) is 61.6 Å². The Labute approximate surface area is 149 Å². The number of aromatic amines is 1. The topological polar surface area (TPSA) is 87.1 Å². The van der Waals surface area contributed by atoms with Crippen LogP contribution in [-0.2, 0) is 10.2 Å². The molecule has 2 aliphatic carbocycles. The van der Waals surface area contributed by atoms with E-state index in [-0.39, 0.29) is 23.4 Å². The third kappa shape index (κ3) is 2.33. The molecule has 1 aromatic heterocycles. The van der Waals surface area contributed by atoms with E-state index >= 15 is 0 Å². The van der Waals surface area contributed by atoms with Crippen molar-refractivity contribution in [2.75, 3.05) is 5.32 Å². The molecule has 3 N–H and O–H groups in total. The largest absolute Gasteiger partial charge is 0.508 e. The maximum absolute atomic E-state index is 12.9. The number of carbonyl (C=O) groups is 1. The molecule has 132 valence electrons. The summed E-state index contributed by atoms with van der Waals surface area (Å²) in [5, 5.41) is 12.5. The van der Waals surface area contributed by atoms with Crippen molar-refractivity contribution in [2.24, 2.45) is 0 Å². The molecule has 5 rings (SSSR count). The minimum absolute atomic E-state index is 0.0432. The average molecular weight is 349 g/mol. The quantitative estimate of drug-likeness (QED) is 0.676. The van der Waals surface area contributed by atoms with Gasteiger partial charge in [0.15, 0.2) is 0 Å². The Hall–Kier alpha value is -3.02. The molecule has 1 amide bonds. The number of aromatic nitrogens is 2. The van der Waals surface area contributed by atoms with Gasteiger partial charge in [-0.15, -0.1) is 0 Å². The number of anilines is 1. The molecular formula is C20H19N3O3. The number of H-pyrrole nitrogens is 1. The number of rotatable bonds is 4. The van der Waals surface area contributed by atoms with Crippen LogP contribution in [0.25, 0.3) is 11.0 Å². The molecule has 0 aliphatic heterocycles. The summed E-state index contributed by atoms with van der Waals surface area (Å²) in [7, 11) is 0. The van der Waals surface area contributed by atoms with Crippen LogP contribution in [0, 0.1) is 0 Å². The average Bonchev–Trinajstić information content (AvgIpc) is 3.53. The first-order valence-corrected chi connectivity index (χ1v) is 8.92. The van der Waals surface area contributed by atoms with Crippen LogP contribution < -0.4 is 11.0 Å². The van der Waals surface area contributed by atoms with Crippen molar-refractivity contribution in [3.8, 4) is 5.75 Å². The van der Waals surface area contributed by atoms with Gasteiger partial charge in [-0.2, -0.15) is 0 Å². The molecule has 2 fully saturated rings. The normalized spacial score (nSPS) is 18.0. The van der Waals surface area contributed by atoms with Crippen molar-refractivity contribution in [2.45, 2.75) is 37.1 Å². The lowest BCUT2D eigenvalue weighted by molar-refractivity contribution is -0.118. The van der Waals surface area contributed by atoms with E-state index in [4.69, 9.17) is 0 Å². The Morgan fingerprint density at radius 2 is 1.88 bits per heavy atom. The number of fused-ring (bicyclic) bond motifs is 1. The first-order chi connectivity index (χ1) is 12.6. The monoisotopic (exact) mass is 349 g/mol. The van der Waals surface area contributed by atoms with Crippen LogP contribution in [0.3, 0.4) is 0 Å². The highest BCUT2D eigenvalue weighted by atomic mass is 16.3. The molecule has 0 saturated heterocycles. The molecule has 2 aromatic carbocycles. The number of hydrogen-bond acceptors (Lipinski definition) is 3. The van der Waals surface area contributed by atoms with Gasteiger partial charge in [0.25, 0.3) is 0 Å². The predicted octanol–water partition coefficient (Wildman–Crippen LogP) is 3.04. The summed E-state index contributed by atoms with van der Waals surface area (Å²) in [6, 6.07) is 12.6. The van der Waals surface area contributed by atoms with Crippen molar-refractivity contribution in [3.05, 3.63) is 58.5 Å². The highest BCUT2D eigenvalue weighted by Crippen LogP contribution is 2.49. The molecule has 0 bridgehead atoms. The number of carbonyl (C=O) groups excluding carboxylic acids is 1. The van der Waals surface area contributed by atoms with Gasteiger partial charge in [0.2, 0.25) is 5.91 Å². The second-order valence-electron chi connectivity index (χ2n) is 7.35. The Bertz CT molecular complexity index is 1070. The van der Waals surface area contributed by atoms with E-state index in [1.54, 1.807) is 16.7 Å². The molecule has 2 saturated carbocycles. The number of aromatic hydroxyl groups is 1. The molecule has 6 nitrogen and oxygen atoms in total. The second-order valence-corrected chi connectivity index (χ2v) is 7.35. The third-order valence-corrected chi connectivity index (χ3v) is 5.49. The molecule has 0 unspecified atom stereocenters. The van der Waals surface area contributed by atoms with Crippen molar-refractivity contribution < 1.29 is 9.90 Å². The minimum Gasteiger partial charge on any atom is -0.508 e. The zero-order valence-electron chi connectivity index (χ0n) is 14.2. The van der Waals surface area contributed by atoms with E-state index in [0.717, 1.165) is 42.3 Å². The summed E-state index contributed by atoms with van der Waals surface area (Å²) in [5.41, 5.74) is 2.64. The van der Waals surface area contributed by atoms with Gasteiger partial charge in [-0.25, -0.2) is 4.79 Å². The third-order valence-electron chi connectivity index (χ3n) is 5.49. The van der Waals surface area contributed by atoms with E-state index in [1.165, 1.54) is 0 Å². The van der Waals surface area contributed by atoms with Crippen LogP contribution in [0.15, 0.2) is 47.3 Å². The van der Waals surface area contributed by atoms with Crippen LogP contribution in [0.4, 0.5) is 5.69 Å². The van der Waals surface area contributed by atoms with Gasteiger partial charge in [-0.1, -0.05) is 12.1 Å². The number of nitrogens with zero attached hydrogens (tertiary/aromatic N) is 1. The number of benzene rings is 2. The molecule has 3 aromatic rings. The Kier molecular flexibility index (Phi) is 3.07. The van der Waals surface area contributed by atoms with Gasteiger partial charge >= 0.3 is 5.69 Å². The fourth-order valence-corrected chi connectivity index (χ4v) is 3.70. The summed E-state index contributed by atoms with van der Waals surface area (Å²) in [6.45, 7) is 0. The fourth-order valence-electron chi connectivity index (χ4n) is 3.70. The molecule has 0 atom stereocenters. The summed E-state index contributed by atoms with van der Waals surface area (Å²) >= 11 is 0. The van der Waals surface area contributed by atoms with Crippen LogP contribution in [0.5, 0.6) is 5.75 Å². The Morgan fingerprint density at radius 1 is 1.15 bits per heavy atom. The minimum atomic E-state index is -0.517. The van der Waals surface area contributed by atoms with E-state index in [0.29, 0.717) is 5.69 Å². The van der Waals surface area contributed by atoms with Crippen molar-refractivity contribution in [3.63, 3.8) is 0 Å². The number of hydrogen-bond donors (Lipinski definition) is 3. The van der Waals surface area contributed by atoms with Crippen molar-refractivity contribution in [1.82, 2.24) is 9.55 Å². The smallest absolute Gasteiger partial charge is 0.326 e. The van der Waals surface area contributed by atoms with Crippen molar-refractivity contribution >= 4 is 22.6 Å². The van der Waals surface area contributed by atoms with Crippen LogP contribution in [0.1, 0.15) is 37.3 Å². The molecule has 6 heteroatoms. The lowest BCUT2D eigenvalue weighted by atomic mass is 9.95. The Balaban J connectivity index is 1.45. The predicted molar refractivity (Wildman–Crippen MR) is 98.5 cm³/mol. The van der Waals surface area contributed by atoms with Gasteiger partial charge in [0.05, 0.1) is 16.4 Å². The summed E-state index contributed by atoms with van der Waals surface area (Å²) in [5.74, 6) is 0.152.